The third-order valence-electron chi connectivity index (χ3n) is 5.36. The quantitative estimate of drug-likeness (QED) is 0.299. The number of imidazole rings is 1. The highest BCUT2D eigenvalue weighted by Crippen LogP contribution is 2.21. The minimum absolute atomic E-state index is 0. The molecule has 1 unspecified atom stereocenters. The van der Waals surface area contributed by atoms with E-state index in [1.54, 1.807) is 4.68 Å². The van der Waals surface area contributed by atoms with Crippen molar-refractivity contribution in [1.82, 2.24) is 29.5 Å². The Bertz CT molecular complexity index is 969. The van der Waals surface area contributed by atoms with Crippen LogP contribution in [0.4, 0.5) is 0 Å². The van der Waals surface area contributed by atoms with E-state index in [0.717, 1.165) is 43.4 Å². The zero-order valence-corrected chi connectivity index (χ0v) is 20.3. The molecule has 0 bridgehead atoms. The number of guanidine groups is 1. The van der Waals surface area contributed by atoms with E-state index in [1.165, 1.54) is 5.56 Å². The van der Waals surface area contributed by atoms with Crippen LogP contribution in [-0.4, -0.2) is 56.9 Å². The van der Waals surface area contributed by atoms with Crippen molar-refractivity contribution in [3.8, 4) is 0 Å². The average molecular weight is 535 g/mol. The monoisotopic (exact) mass is 535 g/mol. The largest absolute Gasteiger partial charge is 0.370 e. The smallest absolute Gasteiger partial charge is 0.194 e. The van der Waals surface area contributed by atoms with Crippen LogP contribution >= 0.6 is 24.0 Å². The third kappa shape index (κ3) is 6.07. The maximum atomic E-state index is 5.95. The third-order valence-corrected chi connectivity index (χ3v) is 5.36. The SMILES string of the molecule is CN=C(NCc1nccn1CCc1ccccc1)N1CCOC(c2cnn(C)c2)C1.I. The summed E-state index contributed by atoms with van der Waals surface area (Å²) < 4.78 is 9.96. The van der Waals surface area contributed by atoms with Crippen LogP contribution in [0.15, 0.2) is 60.1 Å². The minimum atomic E-state index is -0.00106. The van der Waals surface area contributed by atoms with Crippen molar-refractivity contribution < 1.29 is 4.74 Å². The Kier molecular flexibility index (Phi) is 8.47. The zero-order valence-electron chi connectivity index (χ0n) is 18.0. The van der Waals surface area contributed by atoms with Crippen molar-refractivity contribution in [3.05, 3.63) is 72.1 Å². The molecule has 3 heterocycles. The summed E-state index contributed by atoms with van der Waals surface area (Å²) in [7, 11) is 3.74. The van der Waals surface area contributed by atoms with Crippen molar-refractivity contribution >= 4 is 29.9 Å². The molecule has 1 fully saturated rings. The topological polar surface area (TPSA) is 72.5 Å². The van der Waals surface area contributed by atoms with Crippen molar-refractivity contribution in [1.29, 1.82) is 0 Å². The fourth-order valence-corrected chi connectivity index (χ4v) is 3.75. The molecule has 1 saturated heterocycles. The summed E-state index contributed by atoms with van der Waals surface area (Å²) in [5, 5.41) is 7.74. The molecule has 1 aromatic carbocycles. The van der Waals surface area contributed by atoms with Crippen LogP contribution in [0.5, 0.6) is 0 Å². The van der Waals surface area contributed by atoms with E-state index in [-0.39, 0.29) is 30.1 Å². The van der Waals surface area contributed by atoms with Gasteiger partial charge in [0.2, 0.25) is 0 Å². The summed E-state index contributed by atoms with van der Waals surface area (Å²) in [6, 6.07) is 10.5. The lowest BCUT2D eigenvalue weighted by Gasteiger charge is -2.34. The maximum Gasteiger partial charge on any atom is 0.194 e. The Morgan fingerprint density at radius 2 is 2.13 bits per heavy atom. The van der Waals surface area contributed by atoms with Crippen LogP contribution in [0, 0.1) is 0 Å². The molecule has 0 amide bonds. The fraction of sp³-hybridized carbons (Fsp3) is 0.409. The lowest BCUT2D eigenvalue weighted by Crippen LogP contribution is -2.48. The first kappa shape index (κ1) is 23.3. The molecule has 1 aliphatic heterocycles. The van der Waals surface area contributed by atoms with Crippen LogP contribution in [0.2, 0.25) is 0 Å². The lowest BCUT2D eigenvalue weighted by molar-refractivity contribution is -0.00806. The van der Waals surface area contributed by atoms with Gasteiger partial charge in [0.05, 0.1) is 25.9 Å². The van der Waals surface area contributed by atoms with Gasteiger partial charge in [-0.2, -0.15) is 5.10 Å². The molecule has 166 valence electrons. The van der Waals surface area contributed by atoms with Crippen LogP contribution in [0.25, 0.3) is 0 Å². The van der Waals surface area contributed by atoms with Gasteiger partial charge in [0.25, 0.3) is 0 Å². The van der Waals surface area contributed by atoms with Gasteiger partial charge in [-0.3, -0.25) is 9.67 Å². The summed E-state index contributed by atoms with van der Waals surface area (Å²) in [4.78, 5) is 11.3. The second kappa shape index (κ2) is 11.3. The number of hydrogen-bond acceptors (Lipinski definition) is 4. The second-order valence-corrected chi connectivity index (χ2v) is 7.43. The Hall–Kier alpha value is -2.40. The molecule has 9 heteroatoms. The molecule has 4 rings (SSSR count). The number of halogens is 1. The zero-order chi connectivity index (χ0) is 20.8. The standard InChI is InChI=1S/C22H29N7O.HI/c1-23-22(29-12-13-30-20(17-29)19-14-26-27(2)16-19)25-15-21-24-9-11-28(21)10-8-18-6-4-3-5-7-18;/h3-7,9,11,14,16,20H,8,10,12-13,15,17H2,1-2H3,(H,23,25);1H. The van der Waals surface area contributed by atoms with E-state index >= 15 is 0 Å². The lowest BCUT2D eigenvalue weighted by atomic mass is 10.1. The molecule has 1 N–H and O–H groups in total. The number of aliphatic imine (C=N–C) groups is 1. The first-order valence-electron chi connectivity index (χ1n) is 10.3. The number of aromatic nitrogens is 4. The van der Waals surface area contributed by atoms with E-state index in [4.69, 9.17) is 4.74 Å². The molecule has 3 aromatic rings. The first-order chi connectivity index (χ1) is 14.7. The van der Waals surface area contributed by atoms with Crippen LogP contribution in [0.3, 0.4) is 0 Å². The summed E-state index contributed by atoms with van der Waals surface area (Å²) in [6.45, 7) is 3.74. The Morgan fingerprint density at radius 3 is 2.87 bits per heavy atom. The second-order valence-electron chi connectivity index (χ2n) is 7.43. The van der Waals surface area contributed by atoms with Crippen LogP contribution < -0.4 is 5.32 Å². The van der Waals surface area contributed by atoms with E-state index in [2.05, 4.69) is 54.1 Å². The summed E-state index contributed by atoms with van der Waals surface area (Å²) >= 11 is 0. The fourth-order valence-electron chi connectivity index (χ4n) is 3.75. The molecule has 8 nitrogen and oxygen atoms in total. The molecule has 0 saturated carbocycles. The highest BCUT2D eigenvalue weighted by Gasteiger charge is 2.25. The van der Waals surface area contributed by atoms with Gasteiger partial charge in [0.15, 0.2) is 5.96 Å². The van der Waals surface area contributed by atoms with Crippen LogP contribution in [-0.2, 0) is 31.3 Å². The van der Waals surface area contributed by atoms with Crippen molar-refractivity contribution in [2.75, 3.05) is 26.7 Å². The Balaban J connectivity index is 0.00000272. The van der Waals surface area contributed by atoms with E-state index in [9.17, 15) is 0 Å². The highest BCUT2D eigenvalue weighted by molar-refractivity contribution is 14.0. The van der Waals surface area contributed by atoms with Gasteiger partial charge in [-0.1, -0.05) is 30.3 Å². The predicted octanol–water partition coefficient (Wildman–Crippen LogP) is 2.63. The van der Waals surface area contributed by atoms with Gasteiger partial charge < -0.3 is 19.5 Å². The van der Waals surface area contributed by atoms with Gasteiger partial charge in [-0.15, -0.1) is 24.0 Å². The summed E-state index contributed by atoms with van der Waals surface area (Å²) in [5.74, 6) is 1.87. The van der Waals surface area contributed by atoms with E-state index in [1.807, 2.05) is 44.9 Å². The van der Waals surface area contributed by atoms with Crippen molar-refractivity contribution in [3.63, 3.8) is 0 Å². The highest BCUT2D eigenvalue weighted by atomic mass is 127. The average Bonchev–Trinajstić information content (AvgIpc) is 3.42. The molecular formula is C22H30IN7O. The number of rotatable bonds is 6. The molecule has 0 radical (unpaired) electrons. The normalized spacial score (nSPS) is 16.8. The van der Waals surface area contributed by atoms with Gasteiger partial charge >= 0.3 is 0 Å². The summed E-state index contributed by atoms with van der Waals surface area (Å²) in [6.07, 6.45) is 8.75. The molecular weight excluding hydrogens is 505 g/mol. The number of benzene rings is 1. The Labute approximate surface area is 200 Å². The predicted molar refractivity (Wildman–Crippen MR) is 131 cm³/mol. The molecule has 2 aromatic heterocycles. The van der Waals surface area contributed by atoms with E-state index in [0.29, 0.717) is 13.2 Å². The first-order valence-corrected chi connectivity index (χ1v) is 10.3. The molecule has 0 aliphatic carbocycles. The molecule has 31 heavy (non-hydrogen) atoms. The molecule has 0 spiro atoms. The molecule has 1 atom stereocenters. The van der Waals surface area contributed by atoms with Gasteiger partial charge in [-0.05, 0) is 12.0 Å². The van der Waals surface area contributed by atoms with Crippen molar-refractivity contribution in [2.45, 2.75) is 25.6 Å². The summed E-state index contributed by atoms with van der Waals surface area (Å²) in [5.41, 5.74) is 2.42. The number of aryl methyl sites for hydroxylation is 3. The molecule has 1 aliphatic rings. The number of morpholine rings is 1. The maximum absolute atomic E-state index is 5.95. The van der Waals surface area contributed by atoms with Gasteiger partial charge in [0.1, 0.15) is 11.9 Å². The number of nitrogens with zero attached hydrogens (tertiary/aromatic N) is 6. The Morgan fingerprint density at radius 1 is 1.29 bits per heavy atom. The van der Waals surface area contributed by atoms with Crippen molar-refractivity contribution in [2.24, 2.45) is 12.0 Å². The van der Waals surface area contributed by atoms with Gasteiger partial charge in [0, 0.05) is 51.3 Å². The number of hydrogen-bond donors (Lipinski definition) is 1. The van der Waals surface area contributed by atoms with Gasteiger partial charge in [-0.25, -0.2) is 4.98 Å². The number of ether oxygens (including phenoxy) is 1. The van der Waals surface area contributed by atoms with E-state index < -0.39 is 0 Å². The van der Waals surface area contributed by atoms with Crippen LogP contribution in [0.1, 0.15) is 23.1 Å². The number of nitrogens with one attached hydrogen (secondary N) is 1. The minimum Gasteiger partial charge on any atom is -0.370 e.